The highest BCUT2D eigenvalue weighted by Gasteiger charge is 2.15. The molecule has 0 bridgehead atoms. The van der Waals surface area contributed by atoms with Crippen LogP contribution >= 0.6 is 0 Å². The average Bonchev–Trinajstić information content (AvgIpc) is 2.53. The topological polar surface area (TPSA) is 38.3 Å². The lowest BCUT2D eigenvalue weighted by atomic mass is 10.0. The van der Waals surface area contributed by atoms with Gasteiger partial charge in [-0.3, -0.25) is 4.84 Å². The number of aldehydes is 1. The summed E-state index contributed by atoms with van der Waals surface area (Å²) >= 11 is 0. The number of hydrogen-bond acceptors (Lipinski definition) is 3. The zero-order chi connectivity index (χ0) is 16.7. The molecule has 0 aromatic heterocycles. The molecule has 1 atom stereocenters. The maximum absolute atomic E-state index is 13.7. The van der Waals surface area contributed by atoms with Crippen LogP contribution in [0.25, 0.3) is 0 Å². The van der Waals surface area contributed by atoms with E-state index in [0.717, 1.165) is 11.6 Å². The molecule has 1 N–H and O–H groups in total. The molecule has 23 heavy (non-hydrogen) atoms. The van der Waals surface area contributed by atoms with Crippen molar-refractivity contribution in [1.82, 2.24) is 5.48 Å². The highest BCUT2D eigenvalue weighted by atomic mass is 19.2. The summed E-state index contributed by atoms with van der Waals surface area (Å²) in [6, 6.07) is 10.1. The van der Waals surface area contributed by atoms with Gasteiger partial charge in [-0.15, -0.1) is 0 Å². The number of nitrogens with one attached hydrogen (secondary N) is 1. The van der Waals surface area contributed by atoms with Gasteiger partial charge in [0.15, 0.2) is 11.6 Å². The van der Waals surface area contributed by atoms with E-state index in [1.165, 1.54) is 0 Å². The van der Waals surface area contributed by atoms with Crippen LogP contribution in [0.15, 0.2) is 42.5 Å². The van der Waals surface area contributed by atoms with Crippen LogP contribution in [0, 0.1) is 17.5 Å². The summed E-state index contributed by atoms with van der Waals surface area (Å²) in [4.78, 5) is 16.0. The Bertz CT molecular complexity index is 650. The van der Waals surface area contributed by atoms with E-state index < -0.39 is 23.5 Å². The van der Waals surface area contributed by atoms with Gasteiger partial charge in [0.2, 0.25) is 0 Å². The Labute approximate surface area is 132 Å². The monoisotopic (exact) mass is 323 g/mol. The molecule has 0 saturated carbocycles. The van der Waals surface area contributed by atoms with Crippen LogP contribution in [-0.4, -0.2) is 12.3 Å². The lowest BCUT2D eigenvalue weighted by Gasteiger charge is -2.17. The summed E-state index contributed by atoms with van der Waals surface area (Å²) in [7, 11) is 0. The van der Waals surface area contributed by atoms with Crippen LogP contribution in [0.1, 0.15) is 17.5 Å². The Kier molecular flexibility index (Phi) is 6.31. The van der Waals surface area contributed by atoms with Gasteiger partial charge in [0.25, 0.3) is 0 Å². The van der Waals surface area contributed by atoms with Crippen LogP contribution in [0.5, 0.6) is 0 Å². The van der Waals surface area contributed by atoms with Gasteiger partial charge in [-0.1, -0.05) is 30.3 Å². The van der Waals surface area contributed by atoms with E-state index >= 15 is 0 Å². The second-order valence-corrected chi connectivity index (χ2v) is 5.05. The van der Waals surface area contributed by atoms with Crippen molar-refractivity contribution in [3.8, 4) is 0 Å². The lowest BCUT2D eigenvalue weighted by molar-refractivity contribution is -0.109. The van der Waals surface area contributed by atoms with Gasteiger partial charge in [-0.25, -0.2) is 13.2 Å². The van der Waals surface area contributed by atoms with E-state index in [2.05, 4.69) is 5.48 Å². The van der Waals surface area contributed by atoms with Gasteiger partial charge in [0.1, 0.15) is 12.1 Å². The molecule has 0 fully saturated rings. The molecule has 1 unspecified atom stereocenters. The van der Waals surface area contributed by atoms with Crippen molar-refractivity contribution in [2.45, 2.75) is 25.5 Å². The maximum Gasteiger partial charge on any atom is 0.161 e. The molecule has 0 aliphatic rings. The highest BCUT2D eigenvalue weighted by molar-refractivity contribution is 5.50. The Morgan fingerprint density at radius 2 is 1.74 bits per heavy atom. The van der Waals surface area contributed by atoms with Crippen molar-refractivity contribution in [2.24, 2.45) is 0 Å². The standard InChI is InChI=1S/C17H16F3NO2/c18-15-10-17(20)16(19)9-13(15)8-14(6-7-22)21-23-11-12-4-2-1-3-5-12/h1-5,7,9-10,14,21H,6,8,11H2. The predicted molar refractivity (Wildman–Crippen MR) is 78.9 cm³/mol. The normalized spacial score (nSPS) is 12.1. The lowest BCUT2D eigenvalue weighted by Crippen LogP contribution is -2.32. The third kappa shape index (κ3) is 5.19. The average molecular weight is 323 g/mol. The fraction of sp³-hybridized carbons (Fsp3) is 0.235. The number of halogens is 3. The van der Waals surface area contributed by atoms with Gasteiger partial charge in [-0.05, 0) is 23.6 Å². The number of hydrogen-bond donors (Lipinski definition) is 1. The van der Waals surface area contributed by atoms with Crippen LogP contribution in [0.2, 0.25) is 0 Å². The first kappa shape index (κ1) is 17.2. The van der Waals surface area contributed by atoms with Crippen molar-refractivity contribution >= 4 is 6.29 Å². The smallest absolute Gasteiger partial charge is 0.161 e. The largest absolute Gasteiger partial charge is 0.303 e. The van der Waals surface area contributed by atoms with E-state index in [4.69, 9.17) is 4.84 Å². The first-order chi connectivity index (χ1) is 11.1. The molecule has 2 rings (SSSR count). The van der Waals surface area contributed by atoms with Gasteiger partial charge in [-0.2, -0.15) is 5.48 Å². The molecule has 6 heteroatoms. The van der Waals surface area contributed by atoms with Crippen LogP contribution in [0.4, 0.5) is 13.2 Å². The first-order valence-corrected chi connectivity index (χ1v) is 7.08. The third-order valence-electron chi connectivity index (χ3n) is 3.27. The minimum atomic E-state index is -1.24. The second-order valence-electron chi connectivity index (χ2n) is 5.05. The fourth-order valence-corrected chi connectivity index (χ4v) is 2.09. The molecule has 0 saturated heterocycles. The molecular weight excluding hydrogens is 307 g/mol. The van der Waals surface area contributed by atoms with Crippen molar-refractivity contribution in [2.75, 3.05) is 0 Å². The SMILES string of the molecule is O=CCC(Cc1cc(F)c(F)cc1F)NOCc1ccccc1. The molecule has 0 amide bonds. The third-order valence-corrected chi connectivity index (χ3v) is 3.27. The van der Waals surface area contributed by atoms with E-state index in [1.54, 1.807) is 0 Å². The maximum atomic E-state index is 13.7. The molecule has 0 aliphatic heterocycles. The molecule has 122 valence electrons. The number of hydroxylamine groups is 1. The summed E-state index contributed by atoms with van der Waals surface area (Å²) in [6.07, 6.45) is 0.700. The molecule has 3 nitrogen and oxygen atoms in total. The quantitative estimate of drug-likeness (QED) is 0.460. The Morgan fingerprint density at radius 3 is 2.43 bits per heavy atom. The number of carbonyl (C=O) groups excluding carboxylic acids is 1. The minimum Gasteiger partial charge on any atom is -0.303 e. The Hall–Kier alpha value is -2.18. The molecule has 0 heterocycles. The van der Waals surface area contributed by atoms with Gasteiger partial charge >= 0.3 is 0 Å². The Balaban J connectivity index is 1.96. The summed E-state index contributed by atoms with van der Waals surface area (Å²) in [6.45, 7) is 0.260. The van der Waals surface area contributed by atoms with Gasteiger partial charge < -0.3 is 4.79 Å². The van der Waals surface area contributed by atoms with E-state index in [-0.39, 0.29) is 25.0 Å². The molecular formula is C17H16F3NO2. The van der Waals surface area contributed by atoms with Crippen LogP contribution in [0.3, 0.4) is 0 Å². The summed E-state index contributed by atoms with van der Waals surface area (Å²) < 4.78 is 39.8. The molecule has 0 spiro atoms. The van der Waals surface area contributed by atoms with Gasteiger partial charge in [0.05, 0.1) is 6.61 Å². The van der Waals surface area contributed by atoms with Crippen LogP contribution in [-0.2, 0) is 22.7 Å². The number of benzene rings is 2. The van der Waals surface area contributed by atoms with Crippen molar-refractivity contribution in [3.05, 3.63) is 71.0 Å². The van der Waals surface area contributed by atoms with Crippen molar-refractivity contribution in [1.29, 1.82) is 0 Å². The number of rotatable bonds is 8. The number of carbonyl (C=O) groups is 1. The van der Waals surface area contributed by atoms with E-state index in [9.17, 15) is 18.0 Å². The summed E-state index contributed by atoms with van der Waals surface area (Å²) in [5.41, 5.74) is 3.56. The molecule has 0 radical (unpaired) electrons. The fourth-order valence-electron chi connectivity index (χ4n) is 2.09. The highest BCUT2D eigenvalue weighted by Crippen LogP contribution is 2.16. The Morgan fingerprint density at radius 1 is 1.04 bits per heavy atom. The molecule has 2 aromatic carbocycles. The van der Waals surface area contributed by atoms with Crippen LogP contribution < -0.4 is 5.48 Å². The molecule has 2 aromatic rings. The molecule has 0 aliphatic carbocycles. The van der Waals surface area contributed by atoms with E-state index in [1.807, 2.05) is 30.3 Å². The van der Waals surface area contributed by atoms with Crippen molar-refractivity contribution in [3.63, 3.8) is 0 Å². The van der Waals surface area contributed by atoms with Crippen molar-refractivity contribution < 1.29 is 22.8 Å². The van der Waals surface area contributed by atoms with E-state index in [0.29, 0.717) is 12.4 Å². The first-order valence-electron chi connectivity index (χ1n) is 7.08. The van der Waals surface area contributed by atoms with Gasteiger partial charge in [0, 0.05) is 18.5 Å². The second kappa shape index (κ2) is 8.45. The summed E-state index contributed by atoms with van der Waals surface area (Å²) in [5.74, 6) is -3.23. The summed E-state index contributed by atoms with van der Waals surface area (Å²) in [5, 5.41) is 0. The zero-order valence-electron chi connectivity index (χ0n) is 12.3. The predicted octanol–water partition coefficient (Wildman–Crippen LogP) is 3.33. The zero-order valence-corrected chi connectivity index (χ0v) is 12.3. The minimum absolute atomic E-state index is 0.00341.